The van der Waals surface area contributed by atoms with Crippen LogP contribution in [0.1, 0.15) is 33.1 Å². The maximum Gasteiger partial charge on any atom is 0.0621 e. The second-order valence-electron chi connectivity index (χ2n) is 5.16. The van der Waals surface area contributed by atoms with Crippen LogP contribution in [-0.4, -0.2) is 38.6 Å². The molecule has 3 nitrogen and oxygen atoms in total. The summed E-state index contributed by atoms with van der Waals surface area (Å²) in [7, 11) is 4.19. The summed E-state index contributed by atoms with van der Waals surface area (Å²) >= 11 is 0. The smallest absolute Gasteiger partial charge is 0.0621 e. The topological polar surface area (TPSA) is 39.1 Å². The zero-order valence-corrected chi connectivity index (χ0v) is 10.6. The molecular formula is C12H25N3. The van der Waals surface area contributed by atoms with Crippen LogP contribution in [0.15, 0.2) is 0 Å². The van der Waals surface area contributed by atoms with Crippen LogP contribution in [0.2, 0.25) is 0 Å². The van der Waals surface area contributed by atoms with E-state index in [4.69, 9.17) is 5.26 Å². The SMILES string of the molecule is CN(C)CCCNCC(C)(C)CCC#N. The number of rotatable bonds is 8. The Labute approximate surface area is 94.5 Å². The van der Waals surface area contributed by atoms with E-state index in [2.05, 4.69) is 44.2 Å². The first-order valence-corrected chi connectivity index (χ1v) is 5.70. The quantitative estimate of drug-likeness (QED) is 0.623. The number of nitriles is 1. The second-order valence-corrected chi connectivity index (χ2v) is 5.16. The van der Waals surface area contributed by atoms with Crippen molar-refractivity contribution in [1.82, 2.24) is 10.2 Å². The Morgan fingerprint density at radius 3 is 2.53 bits per heavy atom. The molecule has 0 aliphatic rings. The minimum absolute atomic E-state index is 0.244. The van der Waals surface area contributed by atoms with E-state index in [1.807, 2.05) is 0 Å². The molecule has 15 heavy (non-hydrogen) atoms. The van der Waals surface area contributed by atoms with Gasteiger partial charge >= 0.3 is 0 Å². The molecule has 0 aromatic rings. The van der Waals surface area contributed by atoms with Crippen molar-refractivity contribution in [2.45, 2.75) is 33.1 Å². The molecule has 0 aromatic carbocycles. The maximum absolute atomic E-state index is 8.52. The average molecular weight is 211 g/mol. The second kappa shape index (κ2) is 7.67. The third-order valence-corrected chi connectivity index (χ3v) is 2.48. The van der Waals surface area contributed by atoms with Crippen LogP contribution < -0.4 is 5.32 Å². The summed E-state index contributed by atoms with van der Waals surface area (Å²) in [5, 5.41) is 12.0. The fraction of sp³-hybridized carbons (Fsp3) is 0.917. The van der Waals surface area contributed by atoms with Crippen LogP contribution >= 0.6 is 0 Å². The molecule has 0 aliphatic carbocycles. The molecule has 0 unspecified atom stereocenters. The summed E-state index contributed by atoms with van der Waals surface area (Å²) in [6, 6.07) is 2.21. The lowest BCUT2D eigenvalue weighted by Crippen LogP contribution is -2.31. The van der Waals surface area contributed by atoms with Crippen molar-refractivity contribution in [3.05, 3.63) is 0 Å². The monoisotopic (exact) mass is 211 g/mol. The van der Waals surface area contributed by atoms with Crippen LogP contribution in [0.25, 0.3) is 0 Å². The molecular weight excluding hydrogens is 186 g/mol. The standard InChI is InChI=1S/C12H25N3/c1-12(2,7-5-8-13)11-14-9-6-10-15(3)4/h14H,5-7,9-11H2,1-4H3. The Morgan fingerprint density at radius 2 is 2.00 bits per heavy atom. The van der Waals surface area contributed by atoms with Crippen molar-refractivity contribution in [2.75, 3.05) is 33.7 Å². The molecule has 0 fully saturated rings. The lowest BCUT2D eigenvalue weighted by atomic mass is 9.88. The molecule has 0 atom stereocenters. The highest BCUT2D eigenvalue weighted by Gasteiger charge is 2.16. The van der Waals surface area contributed by atoms with Crippen molar-refractivity contribution >= 4 is 0 Å². The zero-order valence-electron chi connectivity index (χ0n) is 10.6. The van der Waals surface area contributed by atoms with Gasteiger partial charge in [-0.25, -0.2) is 0 Å². The van der Waals surface area contributed by atoms with Crippen LogP contribution in [-0.2, 0) is 0 Å². The van der Waals surface area contributed by atoms with Gasteiger partial charge in [-0.2, -0.15) is 5.26 Å². The van der Waals surface area contributed by atoms with E-state index in [-0.39, 0.29) is 5.41 Å². The molecule has 0 saturated carbocycles. The van der Waals surface area contributed by atoms with E-state index >= 15 is 0 Å². The fourth-order valence-electron chi connectivity index (χ4n) is 1.43. The fourth-order valence-corrected chi connectivity index (χ4v) is 1.43. The molecule has 0 bridgehead atoms. The first-order chi connectivity index (χ1) is 6.98. The highest BCUT2D eigenvalue weighted by molar-refractivity contribution is 4.78. The van der Waals surface area contributed by atoms with Crippen molar-refractivity contribution in [2.24, 2.45) is 5.41 Å². The zero-order chi connectivity index (χ0) is 11.7. The van der Waals surface area contributed by atoms with E-state index in [0.717, 1.165) is 26.1 Å². The number of hydrogen-bond donors (Lipinski definition) is 1. The third-order valence-electron chi connectivity index (χ3n) is 2.48. The van der Waals surface area contributed by atoms with Crippen molar-refractivity contribution in [3.63, 3.8) is 0 Å². The molecule has 0 heterocycles. The van der Waals surface area contributed by atoms with Gasteiger partial charge in [0.1, 0.15) is 0 Å². The largest absolute Gasteiger partial charge is 0.316 e. The molecule has 0 amide bonds. The maximum atomic E-state index is 8.52. The van der Waals surface area contributed by atoms with Gasteiger partial charge in [-0.05, 0) is 45.4 Å². The van der Waals surface area contributed by atoms with Gasteiger partial charge in [0.25, 0.3) is 0 Å². The Bertz CT molecular complexity index is 192. The summed E-state index contributed by atoms with van der Waals surface area (Å²) < 4.78 is 0. The molecule has 0 spiro atoms. The number of hydrogen-bond acceptors (Lipinski definition) is 3. The molecule has 0 rings (SSSR count). The minimum Gasteiger partial charge on any atom is -0.316 e. The van der Waals surface area contributed by atoms with Crippen LogP contribution in [0.3, 0.4) is 0 Å². The first kappa shape index (κ1) is 14.4. The lowest BCUT2D eigenvalue weighted by Gasteiger charge is -2.24. The number of nitrogens with zero attached hydrogens (tertiary/aromatic N) is 2. The molecule has 0 aliphatic heterocycles. The van der Waals surface area contributed by atoms with Crippen LogP contribution in [0.5, 0.6) is 0 Å². The van der Waals surface area contributed by atoms with Crippen molar-refractivity contribution in [1.29, 1.82) is 5.26 Å². The Hall–Kier alpha value is -0.590. The van der Waals surface area contributed by atoms with E-state index in [9.17, 15) is 0 Å². The first-order valence-electron chi connectivity index (χ1n) is 5.70. The van der Waals surface area contributed by atoms with Gasteiger partial charge in [-0.3, -0.25) is 0 Å². The Morgan fingerprint density at radius 1 is 1.33 bits per heavy atom. The van der Waals surface area contributed by atoms with Gasteiger partial charge in [-0.1, -0.05) is 13.8 Å². The minimum atomic E-state index is 0.244. The predicted octanol–water partition coefficient (Wildman–Crippen LogP) is 1.86. The van der Waals surface area contributed by atoms with Crippen LogP contribution in [0.4, 0.5) is 0 Å². The van der Waals surface area contributed by atoms with E-state index < -0.39 is 0 Å². The van der Waals surface area contributed by atoms with E-state index in [0.29, 0.717) is 6.42 Å². The van der Waals surface area contributed by atoms with Crippen LogP contribution in [0, 0.1) is 16.7 Å². The van der Waals surface area contributed by atoms with E-state index in [1.54, 1.807) is 0 Å². The summed E-state index contributed by atoms with van der Waals surface area (Å²) in [5.74, 6) is 0. The van der Waals surface area contributed by atoms with E-state index in [1.165, 1.54) is 6.42 Å². The molecule has 0 aromatic heterocycles. The summed E-state index contributed by atoms with van der Waals surface area (Å²) in [6.07, 6.45) is 2.82. The molecule has 88 valence electrons. The number of nitrogens with one attached hydrogen (secondary N) is 1. The molecule has 3 heteroatoms. The van der Waals surface area contributed by atoms with Crippen molar-refractivity contribution in [3.8, 4) is 6.07 Å². The Kier molecular flexibility index (Phi) is 7.37. The summed E-state index contributed by atoms with van der Waals surface area (Å²) in [4.78, 5) is 2.20. The highest BCUT2D eigenvalue weighted by atomic mass is 15.1. The van der Waals surface area contributed by atoms with Gasteiger partial charge in [0.05, 0.1) is 6.07 Å². The molecule has 0 radical (unpaired) electrons. The average Bonchev–Trinajstić information content (AvgIpc) is 2.14. The van der Waals surface area contributed by atoms with Gasteiger partial charge in [0.15, 0.2) is 0 Å². The highest BCUT2D eigenvalue weighted by Crippen LogP contribution is 2.20. The predicted molar refractivity (Wildman–Crippen MR) is 64.7 cm³/mol. The third kappa shape index (κ3) is 9.71. The summed E-state index contributed by atoms with van der Waals surface area (Å²) in [6.45, 7) is 7.62. The summed E-state index contributed by atoms with van der Waals surface area (Å²) in [5.41, 5.74) is 0.244. The van der Waals surface area contributed by atoms with Crippen molar-refractivity contribution < 1.29 is 0 Å². The lowest BCUT2D eigenvalue weighted by molar-refractivity contribution is 0.312. The normalized spacial score (nSPS) is 11.7. The Balaban J connectivity index is 3.45. The van der Waals surface area contributed by atoms with Gasteiger partial charge in [-0.15, -0.1) is 0 Å². The molecule has 0 saturated heterocycles. The molecule has 1 N–H and O–H groups in total. The van der Waals surface area contributed by atoms with Gasteiger partial charge in [0.2, 0.25) is 0 Å². The van der Waals surface area contributed by atoms with Gasteiger partial charge in [0, 0.05) is 13.0 Å². The van der Waals surface area contributed by atoms with Gasteiger partial charge < -0.3 is 10.2 Å².